The lowest BCUT2D eigenvalue weighted by molar-refractivity contribution is -0.119. The van der Waals surface area contributed by atoms with E-state index in [2.05, 4.69) is 5.32 Å². The molecule has 0 saturated carbocycles. The van der Waals surface area contributed by atoms with Gasteiger partial charge in [0.2, 0.25) is 5.91 Å². The summed E-state index contributed by atoms with van der Waals surface area (Å²) in [6, 6.07) is 13.6. The molecule has 0 atom stereocenters. The van der Waals surface area contributed by atoms with Crippen molar-refractivity contribution in [2.45, 2.75) is 30.9 Å². The Kier molecular flexibility index (Phi) is 9.72. The second kappa shape index (κ2) is 12.7. The maximum absolute atomic E-state index is 13.7. The van der Waals surface area contributed by atoms with E-state index in [9.17, 15) is 13.2 Å². The van der Waals surface area contributed by atoms with Crippen LogP contribution in [0.1, 0.15) is 23.3 Å². The number of nitrogens with one attached hydrogen (secondary N) is 1. The number of carbonyl (C=O) groups is 1. The summed E-state index contributed by atoms with van der Waals surface area (Å²) in [4.78, 5) is 12.8. The molecule has 0 unspecified atom stereocenters. The van der Waals surface area contributed by atoms with Crippen LogP contribution in [0.25, 0.3) is 0 Å². The molecule has 3 rings (SSSR count). The van der Waals surface area contributed by atoms with Crippen molar-refractivity contribution in [1.29, 1.82) is 0 Å². The summed E-state index contributed by atoms with van der Waals surface area (Å²) >= 11 is 1.71. The molecule has 1 heterocycles. The number of thioether (sulfide) groups is 1. The number of benzene rings is 2. The molecule has 36 heavy (non-hydrogen) atoms. The molecule has 10 heteroatoms. The molecule has 0 fully saturated rings. The lowest BCUT2D eigenvalue weighted by Gasteiger charge is -2.25. The monoisotopic (exact) mass is 532 g/mol. The Balaban J connectivity index is 1.73. The van der Waals surface area contributed by atoms with Gasteiger partial charge in [-0.05, 0) is 73.5 Å². The highest BCUT2D eigenvalue weighted by Gasteiger charge is 2.28. The maximum atomic E-state index is 13.7. The van der Waals surface area contributed by atoms with Gasteiger partial charge >= 0.3 is 0 Å². The van der Waals surface area contributed by atoms with E-state index in [1.54, 1.807) is 30.2 Å². The first-order valence-electron chi connectivity index (χ1n) is 11.4. The lowest BCUT2D eigenvalue weighted by Crippen LogP contribution is -2.41. The third-order valence-corrected chi connectivity index (χ3v) is 8.17. The molecular formula is C26H32N2O6S2. The van der Waals surface area contributed by atoms with Crippen LogP contribution in [-0.2, 0) is 20.6 Å². The molecule has 0 aliphatic rings. The van der Waals surface area contributed by atoms with Crippen LogP contribution >= 0.6 is 11.8 Å². The van der Waals surface area contributed by atoms with Gasteiger partial charge in [-0.15, -0.1) is 0 Å². The smallest absolute Gasteiger partial charge is 0.264 e. The second-order valence-corrected chi connectivity index (χ2v) is 11.2. The molecule has 0 bridgehead atoms. The highest BCUT2D eigenvalue weighted by Crippen LogP contribution is 2.32. The van der Waals surface area contributed by atoms with Crippen LogP contribution in [0.15, 0.2) is 64.1 Å². The molecule has 8 nitrogen and oxygen atoms in total. The number of amides is 1. The second-order valence-electron chi connectivity index (χ2n) is 8.21. The number of hydrogen-bond donors (Lipinski definition) is 1. The third-order valence-electron chi connectivity index (χ3n) is 5.34. The lowest BCUT2D eigenvalue weighted by atomic mass is 10.1. The van der Waals surface area contributed by atoms with E-state index in [0.29, 0.717) is 18.0 Å². The molecule has 3 aromatic rings. The fourth-order valence-electron chi connectivity index (χ4n) is 3.67. The number of hydrogen-bond acceptors (Lipinski definition) is 7. The quantitative estimate of drug-likeness (QED) is 0.323. The molecule has 0 radical (unpaired) electrons. The minimum atomic E-state index is -4.08. The van der Waals surface area contributed by atoms with Crippen LogP contribution in [0.4, 0.5) is 5.69 Å². The molecular weight excluding hydrogens is 500 g/mol. The van der Waals surface area contributed by atoms with E-state index in [4.69, 9.17) is 13.9 Å². The molecule has 0 aliphatic heterocycles. The largest absolute Gasteiger partial charge is 0.493 e. The van der Waals surface area contributed by atoms with Gasteiger partial charge in [0.1, 0.15) is 12.3 Å². The molecule has 194 valence electrons. The Morgan fingerprint density at radius 3 is 2.39 bits per heavy atom. The van der Waals surface area contributed by atoms with E-state index in [1.807, 2.05) is 32.0 Å². The average molecular weight is 533 g/mol. The predicted octanol–water partition coefficient (Wildman–Crippen LogP) is 4.55. The molecule has 0 aliphatic carbocycles. The molecule has 1 N–H and O–H groups in total. The SMILES string of the molecule is COc1ccc(S(=O)(=O)N(CC(=O)NCCCSCc2ccco2)c2cc(C)cc(C)c2)cc1OC. The van der Waals surface area contributed by atoms with Gasteiger partial charge in [0.15, 0.2) is 11.5 Å². The predicted molar refractivity (Wildman–Crippen MR) is 142 cm³/mol. The van der Waals surface area contributed by atoms with Crippen LogP contribution in [0, 0.1) is 13.8 Å². The van der Waals surface area contributed by atoms with Gasteiger partial charge in [-0.1, -0.05) is 6.07 Å². The third kappa shape index (κ3) is 7.20. The zero-order valence-corrected chi connectivity index (χ0v) is 22.6. The van der Waals surface area contributed by atoms with Gasteiger partial charge in [0.25, 0.3) is 10.0 Å². The van der Waals surface area contributed by atoms with Crippen molar-refractivity contribution in [2.24, 2.45) is 0 Å². The molecule has 0 saturated heterocycles. The van der Waals surface area contributed by atoms with Gasteiger partial charge in [-0.25, -0.2) is 8.42 Å². The number of methoxy groups -OCH3 is 2. The Hall–Kier alpha value is -3.11. The maximum Gasteiger partial charge on any atom is 0.264 e. The van der Waals surface area contributed by atoms with Crippen molar-refractivity contribution in [1.82, 2.24) is 5.32 Å². The topological polar surface area (TPSA) is 98.1 Å². The molecule has 1 aromatic heterocycles. The van der Waals surface area contributed by atoms with Crippen molar-refractivity contribution < 1.29 is 27.1 Å². The van der Waals surface area contributed by atoms with E-state index < -0.39 is 10.0 Å². The van der Waals surface area contributed by atoms with Crippen molar-refractivity contribution in [3.8, 4) is 11.5 Å². The number of anilines is 1. The number of sulfonamides is 1. The summed E-state index contributed by atoms with van der Waals surface area (Å²) in [7, 11) is -1.16. The summed E-state index contributed by atoms with van der Waals surface area (Å²) < 4.78 is 44.4. The summed E-state index contributed by atoms with van der Waals surface area (Å²) in [5, 5.41) is 2.84. The number of rotatable bonds is 13. The Labute approximate surface area is 217 Å². The van der Waals surface area contributed by atoms with Crippen molar-refractivity contribution in [2.75, 3.05) is 37.4 Å². The van der Waals surface area contributed by atoms with E-state index in [0.717, 1.165) is 39.1 Å². The van der Waals surface area contributed by atoms with Crippen LogP contribution in [0.2, 0.25) is 0 Å². The minimum absolute atomic E-state index is 0.00133. The fourth-order valence-corrected chi connectivity index (χ4v) is 5.95. The summed E-state index contributed by atoms with van der Waals surface area (Å²) in [6.07, 6.45) is 2.40. The van der Waals surface area contributed by atoms with Gasteiger partial charge in [0, 0.05) is 12.6 Å². The van der Waals surface area contributed by atoms with E-state index in [-0.39, 0.29) is 23.1 Å². The highest BCUT2D eigenvalue weighted by molar-refractivity contribution is 7.98. The standard InChI is InChI=1S/C26H32N2O6S2/c1-19-13-20(2)15-21(14-19)28(36(30,31)23-8-9-24(32-3)25(16-23)33-4)17-26(29)27-10-6-12-35-18-22-7-5-11-34-22/h5,7-9,11,13-16H,6,10,12,17-18H2,1-4H3,(H,27,29). The Morgan fingerprint density at radius 1 is 1.03 bits per heavy atom. The first-order chi connectivity index (χ1) is 17.2. The molecule has 2 aromatic carbocycles. The zero-order valence-electron chi connectivity index (χ0n) is 20.9. The summed E-state index contributed by atoms with van der Waals surface area (Å²) in [5.41, 5.74) is 2.21. The number of ether oxygens (including phenoxy) is 2. The molecule has 0 spiro atoms. The fraction of sp³-hybridized carbons (Fsp3) is 0.346. The average Bonchev–Trinajstić information content (AvgIpc) is 3.37. The van der Waals surface area contributed by atoms with Gasteiger partial charge in [-0.2, -0.15) is 11.8 Å². The first kappa shape index (κ1) is 27.5. The van der Waals surface area contributed by atoms with Gasteiger partial charge < -0.3 is 19.2 Å². The molecule has 1 amide bonds. The Morgan fingerprint density at radius 2 is 1.75 bits per heavy atom. The number of furan rings is 1. The van der Waals surface area contributed by atoms with E-state index in [1.165, 1.54) is 32.4 Å². The van der Waals surface area contributed by atoms with Crippen LogP contribution < -0.4 is 19.1 Å². The van der Waals surface area contributed by atoms with E-state index >= 15 is 0 Å². The minimum Gasteiger partial charge on any atom is -0.493 e. The number of nitrogens with zero attached hydrogens (tertiary/aromatic N) is 1. The van der Waals surface area contributed by atoms with Crippen LogP contribution in [0.3, 0.4) is 0 Å². The van der Waals surface area contributed by atoms with Crippen molar-refractivity contribution in [3.63, 3.8) is 0 Å². The van der Waals surface area contributed by atoms with Crippen LogP contribution in [-0.4, -0.2) is 47.4 Å². The first-order valence-corrected chi connectivity index (χ1v) is 14.0. The van der Waals surface area contributed by atoms with Crippen molar-refractivity contribution >= 4 is 33.4 Å². The Bertz CT molecular complexity index is 1240. The highest BCUT2D eigenvalue weighted by atomic mass is 32.2. The van der Waals surface area contributed by atoms with Gasteiger partial charge in [-0.3, -0.25) is 9.10 Å². The number of aryl methyl sites for hydroxylation is 2. The van der Waals surface area contributed by atoms with Gasteiger partial charge in [0.05, 0.1) is 36.8 Å². The summed E-state index contributed by atoms with van der Waals surface area (Å²) in [5.74, 6) is 2.84. The van der Waals surface area contributed by atoms with Crippen molar-refractivity contribution in [3.05, 3.63) is 71.7 Å². The summed E-state index contributed by atoms with van der Waals surface area (Å²) in [6.45, 7) is 3.87. The zero-order chi connectivity index (χ0) is 26.1. The number of carbonyl (C=O) groups excluding carboxylic acids is 1. The normalized spacial score (nSPS) is 11.2. The van der Waals surface area contributed by atoms with Crippen LogP contribution in [0.5, 0.6) is 11.5 Å².